The minimum Gasteiger partial charge on any atom is -0.497 e. The molecule has 0 saturated carbocycles. The molecule has 1 saturated heterocycles. The molecule has 4 nitrogen and oxygen atoms in total. The number of carbonyl (C=O) groups is 1. The summed E-state index contributed by atoms with van der Waals surface area (Å²) in [6.45, 7) is 5.99. The highest BCUT2D eigenvalue weighted by molar-refractivity contribution is 5.79. The van der Waals surface area contributed by atoms with Gasteiger partial charge in [0.05, 0.1) is 13.2 Å². The lowest BCUT2D eigenvalue weighted by molar-refractivity contribution is -0.126. The quantitative estimate of drug-likeness (QED) is 0.881. The molecule has 1 fully saturated rings. The fourth-order valence-corrected chi connectivity index (χ4v) is 3.46. The Labute approximate surface area is 156 Å². The summed E-state index contributed by atoms with van der Waals surface area (Å²) in [5.74, 6) is 1.09. The van der Waals surface area contributed by atoms with Crippen LogP contribution < -0.4 is 15.0 Å². The van der Waals surface area contributed by atoms with Crippen molar-refractivity contribution in [1.29, 1.82) is 0 Å². The molecule has 0 bridgehead atoms. The zero-order chi connectivity index (χ0) is 18.5. The molecule has 138 valence electrons. The highest BCUT2D eigenvalue weighted by Crippen LogP contribution is 2.25. The molecule has 0 unspecified atom stereocenters. The van der Waals surface area contributed by atoms with Crippen LogP contribution in [-0.2, 0) is 4.79 Å². The predicted octanol–water partition coefficient (Wildman–Crippen LogP) is 4.10. The van der Waals surface area contributed by atoms with Crippen LogP contribution in [0.2, 0.25) is 0 Å². The maximum atomic E-state index is 12.6. The van der Waals surface area contributed by atoms with Gasteiger partial charge in [0.1, 0.15) is 5.75 Å². The SMILES string of the molecule is COc1ccc([C@@H](C)NC(=O)C2CCN(c3ccc(C)cc3)CC2)cc1. The van der Waals surface area contributed by atoms with E-state index in [4.69, 9.17) is 4.74 Å². The van der Waals surface area contributed by atoms with Crippen LogP contribution in [0.5, 0.6) is 5.75 Å². The molecule has 26 heavy (non-hydrogen) atoms. The van der Waals surface area contributed by atoms with Gasteiger partial charge in [0.25, 0.3) is 0 Å². The smallest absolute Gasteiger partial charge is 0.223 e. The summed E-state index contributed by atoms with van der Waals surface area (Å²) >= 11 is 0. The Morgan fingerprint density at radius 1 is 1.08 bits per heavy atom. The maximum absolute atomic E-state index is 12.6. The standard InChI is InChI=1S/C22H28N2O2/c1-16-4-8-20(9-5-16)24-14-12-19(13-15-24)22(25)23-17(2)18-6-10-21(26-3)11-7-18/h4-11,17,19H,12-15H2,1-3H3,(H,23,25)/t17-/m1/s1. The number of nitrogens with zero attached hydrogens (tertiary/aromatic N) is 1. The monoisotopic (exact) mass is 352 g/mol. The van der Waals surface area contributed by atoms with E-state index in [9.17, 15) is 4.79 Å². The van der Waals surface area contributed by atoms with Gasteiger partial charge >= 0.3 is 0 Å². The second-order valence-corrected chi connectivity index (χ2v) is 7.10. The number of nitrogens with one attached hydrogen (secondary N) is 1. The first kappa shape index (κ1) is 18.3. The molecule has 1 atom stereocenters. The van der Waals surface area contributed by atoms with Gasteiger partial charge in [0.15, 0.2) is 0 Å². The Balaban J connectivity index is 1.52. The topological polar surface area (TPSA) is 41.6 Å². The summed E-state index contributed by atoms with van der Waals surface area (Å²) in [6.07, 6.45) is 1.80. The van der Waals surface area contributed by atoms with Gasteiger partial charge in [-0.25, -0.2) is 0 Å². The number of carbonyl (C=O) groups excluding carboxylic acids is 1. The fourth-order valence-electron chi connectivity index (χ4n) is 3.46. The number of rotatable bonds is 5. The van der Waals surface area contributed by atoms with Crippen molar-refractivity contribution in [2.75, 3.05) is 25.1 Å². The van der Waals surface area contributed by atoms with Crippen molar-refractivity contribution in [3.8, 4) is 5.75 Å². The maximum Gasteiger partial charge on any atom is 0.223 e. The Bertz CT molecular complexity index is 717. The molecule has 2 aromatic rings. The summed E-state index contributed by atoms with van der Waals surface area (Å²) in [5.41, 5.74) is 3.62. The van der Waals surface area contributed by atoms with Crippen molar-refractivity contribution in [2.24, 2.45) is 5.92 Å². The fraction of sp³-hybridized carbons (Fsp3) is 0.409. The molecule has 1 aliphatic rings. The molecule has 0 spiro atoms. The lowest BCUT2D eigenvalue weighted by atomic mass is 9.94. The van der Waals surface area contributed by atoms with Crippen LogP contribution in [0.3, 0.4) is 0 Å². The second kappa shape index (κ2) is 8.26. The molecule has 1 heterocycles. The van der Waals surface area contributed by atoms with Crippen LogP contribution in [0.15, 0.2) is 48.5 Å². The molecule has 4 heteroatoms. The molecule has 0 aliphatic carbocycles. The number of amides is 1. The number of hydrogen-bond acceptors (Lipinski definition) is 3. The number of methoxy groups -OCH3 is 1. The van der Waals surface area contributed by atoms with Gasteiger partial charge in [-0.3, -0.25) is 4.79 Å². The van der Waals surface area contributed by atoms with Crippen LogP contribution in [0, 0.1) is 12.8 Å². The van der Waals surface area contributed by atoms with E-state index in [1.54, 1.807) is 7.11 Å². The first-order valence-corrected chi connectivity index (χ1v) is 9.33. The molecular weight excluding hydrogens is 324 g/mol. The second-order valence-electron chi connectivity index (χ2n) is 7.10. The summed E-state index contributed by atoms with van der Waals surface area (Å²) in [6, 6.07) is 16.5. The van der Waals surface area contributed by atoms with Gasteiger partial charge in [-0.05, 0) is 56.5 Å². The van der Waals surface area contributed by atoms with E-state index < -0.39 is 0 Å². The van der Waals surface area contributed by atoms with Gasteiger partial charge < -0.3 is 15.0 Å². The Morgan fingerprint density at radius 3 is 2.27 bits per heavy atom. The van der Waals surface area contributed by atoms with Gasteiger partial charge in [0, 0.05) is 24.7 Å². The Kier molecular flexibility index (Phi) is 5.82. The van der Waals surface area contributed by atoms with Crippen LogP contribution in [0.1, 0.15) is 36.9 Å². The first-order chi connectivity index (χ1) is 12.6. The van der Waals surface area contributed by atoms with E-state index in [0.29, 0.717) is 0 Å². The number of anilines is 1. The van der Waals surface area contributed by atoms with Gasteiger partial charge in [-0.2, -0.15) is 0 Å². The highest BCUT2D eigenvalue weighted by Gasteiger charge is 2.26. The molecular formula is C22H28N2O2. The van der Waals surface area contributed by atoms with Gasteiger partial charge in [-0.15, -0.1) is 0 Å². The van der Waals surface area contributed by atoms with Crippen molar-refractivity contribution < 1.29 is 9.53 Å². The Morgan fingerprint density at radius 2 is 1.69 bits per heavy atom. The summed E-state index contributed by atoms with van der Waals surface area (Å²) in [4.78, 5) is 15.0. The zero-order valence-electron chi connectivity index (χ0n) is 15.9. The Hall–Kier alpha value is -2.49. The molecule has 3 rings (SSSR count). The summed E-state index contributed by atoms with van der Waals surface area (Å²) in [7, 11) is 1.66. The van der Waals surface area contributed by atoms with Crippen LogP contribution >= 0.6 is 0 Å². The average Bonchev–Trinajstić information content (AvgIpc) is 2.68. The lowest BCUT2D eigenvalue weighted by Crippen LogP contribution is -2.41. The lowest BCUT2D eigenvalue weighted by Gasteiger charge is -2.33. The van der Waals surface area contributed by atoms with Crippen molar-refractivity contribution in [2.45, 2.75) is 32.7 Å². The number of aryl methyl sites for hydroxylation is 1. The van der Waals surface area contributed by atoms with Crippen LogP contribution in [-0.4, -0.2) is 26.1 Å². The molecule has 1 N–H and O–H groups in total. The van der Waals surface area contributed by atoms with E-state index >= 15 is 0 Å². The minimum absolute atomic E-state index is 0.00327. The third-order valence-corrected chi connectivity index (χ3v) is 5.24. The van der Waals surface area contributed by atoms with E-state index in [2.05, 4.69) is 41.4 Å². The van der Waals surface area contributed by atoms with Crippen molar-refractivity contribution in [3.63, 3.8) is 0 Å². The normalized spacial score (nSPS) is 16.2. The van der Waals surface area contributed by atoms with Crippen LogP contribution in [0.25, 0.3) is 0 Å². The molecule has 1 amide bonds. The van der Waals surface area contributed by atoms with Crippen LogP contribution in [0.4, 0.5) is 5.69 Å². The van der Waals surface area contributed by atoms with E-state index in [1.807, 2.05) is 31.2 Å². The summed E-state index contributed by atoms with van der Waals surface area (Å²) in [5, 5.41) is 3.17. The molecule has 2 aromatic carbocycles. The van der Waals surface area contributed by atoms with Gasteiger partial charge in [-0.1, -0.05) is 29.8 Å². The predicted molar refractivity (Wildman–Crippen MR) is 106 cm³/mol. The first-order valence-electron chi connectivity index (χ1n) is 9.33. The van der Waals surface area contributed by atoms with E-state index in [0.717, 1.165) is 37.2 Å². The minimum atomic E-state index is 0.00327. The van der Waals surface area contributed by atoms with Crippen molar-refractivity contribution >= 4 is 11.6 Å². The van der Waals surface area contributed by atoms with Gasteiger partial charge in [0.2, 0.25) is 5.91 Å². The molecule has 0 aromatic heterocycles. The zero-order valence-corrected chi connectivity index (χ0v) is 15.9. The van der Waals surface area contributed by atoms with Crippen molar-refractivity contribution in [1.82, 2.24) is 5.32 Å². The third-order valence-electron chi connectivity index (χ3n) is 5.24. The number of piperidine rings is 1. The number of benzene rings is 2. The van der Waals surface area contributed by atoms with E-state index in [-0.39, 0.29) is 17.9 Å². The average molecular weight is 352 g/mol. The third kappa shape index (κ3) is 4.37. The van der Waals surface area contributed by atoms with Crippen molar-refractivity contribution in [3.05, 3.63) is 59.7 Å². The molecule has 1 aliphatic heterocycles. The van der Waals surface area contributed by atoms with E-state index in [1.165, 1.54) is 11.3 Å². The number of hydrogen-bond donors (Lipinski definition) is 1. The summed E-state index contributed by atoms with van der Waals surface area (Å²) < 4.78 is 5.19. The molecule has 0 radical (unpaired) electrons. The number of ether oxygens (including phenoxy) is 1. The highest BCUT2D eigenvalue weighted by atomic mass is 16.5. The largest absolute Gasteiger partial charge is 0.497 e.